The molecule has 3 heterocycles. The highest BCUT2D eigenvalue weighted by molar-refractivity contribution is 7.10. The summed E-state index contributed by atoms with van der Waals surface area (Å²) in [6.07, 6.45) is 1.74. The third-order valence-corrected chi connectivity index (χ3v) is 5.71. The Balaban J connectivity index is 1.80. The molecule has 1 aromatic carbocycles. The number of likely N-dealkylation sites (N-methyl/N-ethyl adjacent to an activating group) is 1. The highest BCUT2D eigenvalue weighted by Gasteiger charge is 2.28. The second-order valence-corrected chi connectivity index (χ2v) is 7.31. The standard InChI is InChI=1S/C19H21N3OS/c1-21-9-11-22(12-10-21)18(16-5-3-13-24-16)15-7-6-14-4-2-8-20-17(14)19(15)23/h2-8,13,18,23H,9-12H2,1H3/t18-/m1/s1. The molecule has 0 radical (unpaired) electrons. The number of aromatic nitrogens is 1. The lowest BCUT2D eigenvalue weighted by atomic mass is 9.99. The highest BCUT2D eigenvalue weighted by Crippen LogP contribution is 2.39. The average molecular weight is 339 g/mol. The van der Waals surface area contributed by atoms with E-state index in [0.717, 1.165) is 37.1 Å². The van der Waals surface area contributed by atoms with Crippen LogP contribution in [0.4, 0.5) is 0 Å². The zero-order valence-electron chi connectivity index (χ0n) is 13.7. The highest BCUT2D eigenvalue weighted by atomic mass is 32.1. The lowest BCUT2D eigenvalue weighted by Crippen LogP contribution is -2.46. The Labute approximate surface area is 146 Å². The first kappa shape index (κ1) is 15.6. The Kier molecular flexibility index (Phi) is 4.22. The second-order valence-electron chi connectivity index (χ2n) is 6.34. The molecule has 0 unspecified atom stereocenters. The van der Waals surface area contributed by atoms with Crippen molar-refractivity contribution in [1.29, 1.82) is 0 Å². The molecule has 1 saturated heterocycles. The molecule has 0 saturated carbocycles. The summed E-state index contributed by atoms with van der Waals surface area (Å²) in [5.41, 5.74) is 1.64. The Morgan fingerprint density at radius 3 is 2.67 bits per heavy atom. The number of fused-ring (bicyclic) bond motifs is 1. The number of hydrogen-bond donors (Lipinski definition) is 1. The molecule has 0 aliphatic carbocycles. The maximum absolute atomic E-state index is 10.9. The average Bonchev–Trinajstić information content (AvgIpc) is 3.13. The van der Waals surface area contributed by atoms with Gasteiger partial charge in [0.15, 0.2) is 0 Å². The second kappa shape index (κ2) is 6.51. The van der Waals surface area contributed by atoms with Crippen molar-refractivity contribution in [3.63, 3.8) is 0 Å². The number of aromatic hydroxyl groups is 1. The summed E-state index contributed by atoms with van der Waals surface area (Å²) in [6.45, 7) is 4.10. The van der Waals surface area contributed by atoms with Crippen LogP contribution in [0.2, 0.25) is 0 Å². The molecule has 2 aromatic heterocycles. The van der Waals surface area contributed by atoms with Crippen molar-refractivity contribution in [1.82, 2.24) is 14.8 Å². The number of pyridine rings is 1. The van der Waals surface area contributed by atoms with Crippen LogP contribution in [0.5, 0.6) is 5.75 Å². The molecule has 1 aliphatic heterocycles. The molecule has 4 rings (SSSR count). The van der Waals surface area contributed by atoms with Crippen molar-refractivity contribution in [2.45, 2.75) is 6.04 Å². The number of hydrogen-bond acceptors (Lipinski definition) is 5. The minimum Gasteiger partial charge on any atom is -0.505 e. The van der Waals surface area contributed by atoms with Crippen LogP contribution < -0.4 is 0 Å². The van der Waals surface area contributed by atoms with Gasteiger partial charge in [-0.25, -0.2) is 0 Å². The Morgan fingerprint density at radius 1 is 1.08 bits per heavy atom. The molecule has 5 heteroatoms. The molecular weight excluding hydrogens is 318 g/mol. The number of benzene rings is 1. The number of piperazine rings is 1. The zero-order valence-corrected chi connectivity index (χ0v) is 14.5. The molecule has 0 bridgehead atoms. The van der Waals surface area contributed by atoms with Crippen LogP contribution in [0.1, 0.15) is 16.5 Å². The smallest absolute Gasteiger partial charge is 0.146 e. The molecule has 124 valence electrons. The van der Waals surface area contributed by atoms with Gasteiger partial charge in [0.2, 0.25) is 0 Å². The van der Waals surface area contributed by atoms with Crippen molar-refractivity contribution in [3.8, 4) is 5.75 Å². The van der Waals surface area contributed by atoms with Crippen LogP contribution in [-0.4, -0.2) is 53.1 Å². The molecule has 3 aromatic rings. The summed E-state index contributed by atoms with van der Waals surface area (Å²) in [5, 5.41) is 14.0. The molecule has 0 amide bonds. The predicted molar refractivity (Wildman–Crippen MR) is 98.6 cm³/mol. The Hall–Kier alpha value is -1.95. The topological polar surface area (TPSA) is 39.6 Å². The van der Waals surface area contributed by atoms with Crippen LogP contribution >= 0.6 is 11.3 Å². The Bertz CT molecular complexity index is 826. The lowest BCUT2D eigenvalue weighted by Gasteiger charge is -2.38. The largest absolute Gasteiger partial charge is 0.505 e. The van der Waals surface area contributed by atoms with Crippen molar-refractivity contribution in [2.75, 3.05) is 33.2 Å². The van der Waals surface area contributed by atoms with Gasteiger partial charge in [0.25, 0.3) is 0 Å². The van der Waals surface area contributed by atoms with E-state index in [4.69, 9.17) is 0 Å². The van der Waals surface area contributed by atoms with E-state index < -0.39 is 0 Å². The molecule has 1 fully saturated rings. The first-order valence-corrected chi connectivity index (χ1v) is 9.14. The number of phenols is 1. The van der Waals surface area contributed by atoms with Crippen molar-refractivity contribution < 1.29 is 5.11 Å². The molecule has 4 nitrogen and oxygen atoms in total. The van der Waals surface area contributed by atoms with E-state index >= 15 is 0 Å². The summed E-state index contributed by atoms with van der Waals surface area (Å²) in [4.78, 5) is 10.5. The molecule has 1 atom stereocenters. The number of rotatable bonds is 3. The van der Waals surface area contributed by atoms with Crippen molar-refractivity contribution in [2.24, 2.45) is 0 Å². The fourth-order valence-electron chi connectivity index (χ4n) is 3.42. The number of phenolic OH excluding ortho intramolecular Hbond substituents is 1. The summed E-state index contributed by atoms with van der Waals surface area (Å²) in [7, 11) is 2.16. The van der Waals surface area contributed by atoms with Gasteiger partial charge in [0, 0.05) is 48.2 Å². The van der Waals surface area contributed by atoms with Gasteiger partial charge in [-0.05, 0) is 24.6 Å². The predicted octanol–water partition coefficient (Wildman–Crippen LogP) is 3.34. The summed E-state index contributed by atoms with van der Waals surface area (Å²) in [5.74, 6) is 0.311. The summed E-state index contributed by atoms with van der Waals surface area (Å²) < 4.78 is 0. The van der Waals surface area contributed by atoms with E-state index in [1.165, 1.54) is 4.88 Å². The van der Waals surface area contributed by atoms with Crippen LogP contribution in [-0.2, 0) is 0 Å². The molecule has 24 heavy (non-hydrogen) atoms. The normalized spacial score (nSPS) is 18.0. The minimum atomic E-state index is 0.0881. The fourth-order valence-corrected chi connectivity index (χ4v) is 4.30. The number of thiophene rings is 1. The first-order chi connectivity index (χ1) is 11.7. The van der Waals surface area contributed by atoms with E-state index in [2.05, 4.69) is 51.5 Å². The van der Waals surface area contributed by atoms with E-state index in [1.54, 1.807) is 17.5 Å². The molecule has 1 aliphatic rings. The summed E-state index contributed by atoms with van der Waals surface area (Å²) >= 11 is 1.75. The third kappa shape index (κ3) is 2.79. The van der Waals surface area contributed by atoms with E-state index in [1.807, 2.05) is 12.1 Å². The van der Waals surface area contributed by atoms with E-state index in [9.17, 15) is 5.11 Å². The van der Waals surface area contributed by atoms with Gasteiger partial charge in [-0.15, -0.1) is 11.3 Å². The Morgan fingerprint density at radius 2 is 1.92 bits per heavy atom. The van der Waals surface area contributed by atoms with Crippen LogP contribution in [0.15, 0.2) is 48.0 Å². The van der Waals surface area contributed by atoms with Crippen LogP contribution in [0.25, 0.3) is 10.9 Å². The molecular formula is C19H21N3OS. The first-order valence-electron chi connectivity index (χ1n) is 8.26. The van der Waals surface area contributed by atoms with Crippen LogP contribution in [0.3, 0.4) is 0 Å². The van der Waals surface area contributed by atoms with Crippen molar-refractivity contribution in [3.05, 3.63) is 58.4 Å². The SMILES string of the molecule is CN1CCN([C@@H](c2cccs2)c2ccc3cccnc3c2O)CC1. The maximum atomic E-state index is 10.9. The van der Waals surface area contributed by atoms with Gasteiger partial charge >= 0.3 is 0 Å². The van der Waals surface area contributed by atoms with Gasteiger partial charge in [-0.1, -0.05) is 24.3 Å². The van der Waals surface area contributed by atoms with Gasteiger partial charge in [-0.2, -0.15) is 0 Å². The molecule has 0 spiro atoms. The fraction of sp³-hybridized carbons (Fsp3) is 0.316. The molecule has 1 N–H and O–H groups in total. The monoisotopic (exact) mass is 339 g/mol. The maximum Gasteiger partial charge on any atom is 0.146 e. The zero-order chi connectivity index (χ0) is 16.5. The van der Waals surface area contributed by atoms with Gasteiger partial charge in [0.05, 0.1) is 6.04 Å². The van der Waals surface area contributed by atoms with E-state index in [0.29, 0.717) is 11.3 Å². The lowest BCUT2D eigenvalue weighted by molar-refractivity contribution is 0.127. The quantitative estimate of drug-likeness (QED) is 0.794. The third-order valence-electron chi connectivity index (χ3n) is 4.79. The van der Waals surface area contributed by atoms with Gasteiger partial charge in [0.1, 0.15) is 11.3 Å². The van der Waals surface area contributed by atoms with Crippen molar-refractivity contribution >= 4 is 22.2 Å². The summed E-state index contributed by atoms with van der Waals surface area (Å²) in [6, 6.07) is 12.3. The van der Waals surface area contributed by atoms with Gasteiger partial charge in [-0.3, -0.25) is 9.88 Å². The minimum absolute atomic E-state index is 0.0881. The van der Waals surface area contributed by atoms with Crippen LogP contribution in [0, 0.1) is 0 Å². The number of nitrogens with zero attached hydrogens (tertiary/aromatic N) is 3. The van der Waals surface area contributed by atoms with Gasteiger partial charge < -0.3 is 10.0 Å². The van der Waals surface area contributed by atoms with E-state index in [-0.39, 0.29) is 6.04 Å².